The molecule has 5 heteroatoms. The molecule has 0 N–H and O–H groups in total. The van der Waals surface area contributed by atoms with Crippen LogP contribution in [0, 0.1) is 10.1 Å². The zero-order chi connectivity index (χ0) is 17.3. The van der Waals surface area contributed by atoms with Gasteiger partial charge in [-0.1, -0.05) is 30.3 Å². The fourth-order valence-electron chi connectivity index (χ4n) is 2.49. The summed E-state index contributed by atoms with van der Waals surface area (Å²) in [5.41, 5.74) is 1.53. The maximum Gasteiger partial charge on any atom is 0.295 e. The first-order valence-electron chi connectivity index (χ1n) is 7.77. The van der Waals surface area contributed by atoms with E-state index in [-0.39, 0.29) is 11.2 Å². The molecule has 1 aromatic heterocycles. The molecule has 1 heterocycles. The SMILES string of the molecule is CC(C)(C)N=Cc1c(-c2ccccc2)[n+](=O)c2ccccc2n1[O-]. The molecule has 0 aliphatic rings. The predicted molar refractivity (Wildman–Crippen MR) is 96.9 cm³/mol. The van der Waals surface area contributed by atoms with E-state index in [1.165, 1.54) is 6.21 Å². The van der Waals surface area contributed by atoms with Crippen molar-refractivity contribution in [1.29, 1.82) is 0 Å². The molecule has 5 nitrogen and oxygen atoms in total. The van der Waals surface area contributed by atoms with Crippen LogP contribution in [-0.4, -0.2) is 16.5 Å². The highest BCUT2D eigenvalue weighted by molar-refractivity contribution is 5.89. The van der Waals surface area contributed by atoms with E-state index in [1.807, 2.05) is 51.1 Å². The Hall–Kier alpha value is -2.95. The van der Waals surface area contributed by atoms with E-state index in [0.29, 0.717) is 22.3 Å². The number of fused-ring (bicyclic) bond motifs is 1. The second kappa shape index (κ2) is 5.92. The van der Waals surface area contributed by atoms with E-state index in [1.54, 1.807) is 24.3 Å². The molecule has 0 fully saturated rings. The molecule has 3 aromatic rings. The van der Waals surface area contributed by atoms with Crippen LogP contribution in [0.3, 0.4) is 0 Å². The second-order valence-electron chi connectivity index (χ2n) is 6.61. The van der Waals surface area contributed by atoms with Crippen molar-refractivity contribution < 1.29 is 4.43 Å². The minimum Gasteiger partial charge on any atom is -0.805 e. The van der Waals surface area contributed by atoms with Crippen LogP contribution in [0.2, 0.25) is 0 Å². The lowest BCUT2D eigenvalue weighted by atomic mass is 10.1. The minimum atomic E-state index is -0.347. The molecule has 122 valence electrons. The Morgan fingerprint density at radius 3 is 2.33 bits per heavy atom. The normalized spacial score (nSPS) is 12.1. The summed E-state index contributed by atoms with van der Waals surface area (Å²) < 4.78 is 1.59. The van der Waals surface area contributed by atoms with E-state index in [2.05, 4.69) is 4.99 Å². The number of aliphatic imine (C=N–C) groups is 1. The van der Waals surface area contributed by atoms with Gasteiger partial charge in [0.15, 0.2) is 0 Å². The molecule has 0 aliphatic carbocycles. The summed E-state index contributed by atoms with van der Waals surface area (Å²) in [6.07, 6.45) is 1.50. The van der Waals surface area contributed by atoms with Crippen molar-refractivity contribution in [2.45, 2.75) is 26.3 Å². The zero-order valence-electron chi connectivity index (χ0n) is 13.9. The highest BCUT2D eigenvalue weighted by Crippen LogP contribution is 2.22. The highest BCUT2D eigenvalue weighted by Gasteiger charge is 2.23. The van der Waals surface area contributed by atoms with Gasteiger partial charge in [-0.15, -0.1) is 0 Å². The minimum absolute atomic E-state index is 0.241. The molecule has 0 aliphatic heterocycles. The molecule has 0 unspecified atom stereocenters. The van der Waals surface area contributed by atoms with Crippen molar-refractivity contribution >= 4 is 17.2 Å². The van der Waals surface area contributed by atoms with E-state index in [9.17, 15) is 10.1 Å². The highest BCUT2D eigenvalue weighted by atomic mass is 16.5. The standard InChI is InChI=1S/C19H19N3O2/c1-19(2,3)20-13-17-18(14-9-5-4-6-10-14)22(24)16-12-8-7-11-15(16)21(17)23/h4-13H,1-3H3. The summed E-state index contributed by atoms with van der Waals surface area (Å²) in [7, 11) is 0. The van der Waals surface area contributed by atoms with Gasteiger partial charge in [-0.2, -0.15) is 0 Å². The lowest BCUT2D eigenvalue weighted by Crippen LogP contribution is -2.25. The van der Waals surface area contributed by atoms with Gasteiger partial charge in [0.1, 0.15) is 11.2 Å². The van der Waals surface area contributed by atoms with Crippen LogP contribution in [0.4, 0.5) is 0 Å². The topological polar surface area (TPSA) is 63.3 Å². The first kappa shape index (κ1) is 15.9. The Morgan fingerprint density at radius 2 is 1.67 bits per heavy atom. The Bertz CT molecular complexity index is 968. The van der Waals surface area contributed by atoms with Gasteiger partial charge < -0.3 is 9.94 Å². The number of hydrogen-bond donors (Lipinski definition) is 0. The maximum atomic E-state index is 12.9. The largest absolute Gasteiger partial charge is 0.805 e. The average molecular weight is 321 g/mol. The van der Waals surface area contributed by atoms with Gasteiger partial charge in [-0.25, -0.2) is 0 Å². The van der Waals surface area contributed by atoms with Crippen LogP contribution in [0.5, 0.6) is 0 Å². The molecule has 0 saturated carbocycles. The van der Waals surface area contributed by atoms with Crippen LogP contribution in [0.25, 0.3) is 22.3 Å². The molecule has 0 amide bonds. The number of nitrogens with zero attached hydrogens (tertiary/aromatic N) is 3. The third kappa shape index (κ3) is 2.93. The van der Waals surface area contributed by atoms with E-state index < -0.39 is 0 Å². The van der Waals surface area contributed by atoms with Gasteiger partial charge >= 0.3 is 0 Å². The average Bonchev–Trinajstić information content (AvgIpc) is 2.57. The van der Waals surface area contributed by atoms with Gasteiger partial charge in [-0.3, -0.25) is 4.99 Å². The predicted octanol–water partition coefficient (Wildman–Crippen LogP) is 3.79. The van der Waals surface area contributed by atoms with Crippen molar-refractivity contribution in [2.24, 2.45) is 4.99 Å². The fraction of sp³-hybridized carbons (Fsp3) is 0.211. The Balaban J connectivity index is 2.41. The molecular weight excluding hydrogens is 302 g/mol. The summed E-state index contributed by atoms with van der Waals surface area (Å²) in [5.74, 6) is 0. The molecule has 24 heavy (non-hydrogen) atoms. The van der Waals surface area contributed by atoms with Crippen LogP contribution in [0.1, 0.15) is 26.5 Å². The van der Waals surface area contributed by atoms with Gasteiger partial charge in [0.2, 0.25) is 0 Å². The quantitative estimate of drug-likeness (QED) is 0.532. The Morgan fingerprint density at radius 1 is 1.04 bits per heavy atom. The molecular formula is C19H19N3O2. The van der Waals surface area contributed by atoms with E-state index in [4.69, 9.17) is 0 Å². The number of rotatable bonds is 2. The molecule has 2 aromatic carbocycles. The van der Waals surface area contributed by atoms with Crippen LogP contribution in [0.15, 0.2) is 59.6 Å². The van der Waals surface area contributed by atoms with Gasteiger partial charge in [0, 0.05) is 11.0 Å². The van der Waals surface area contributed by atoms with Gasteiger partial charge in [0.05, 0.1) is 21.7 Å². The number of benzene rings is 2. The molecule has 0 atom stereocenters. The second-order valence-corrected chi connectivity index (χ2v) is 6.61. The lowest BCUT2D eigenvalue weighted by molar-refractivity contribution is -0.451. The van der Waals surface area contributed by atoms with Gasteiger partial charge in [0.25, 0.3) is 11.2 Å². The van der Waals surface area contributed by atoms with E-state index in [0.717, 1.165) is 9.16 Å². The third-order valence-electron chi connectivity index (χ3n) is 3.61. The summed E-state index contributed by atoms with van der Waals surface area (Å²) in [6, 6.07) is 15.9. The Labute approximate surface area is 140 Å². The summed E-state index contributed by atoms with van der Waals surface area (Å²) in [6.45, 7) is 5.81. The van der Waals surface area contributed by atoms with E-state index >= 15 is 0 Å². The van der Waals surface area contributed by atoms with Crippen molar-refractivity contribution in [3.63, 3.8) is 0 Å². The van der Waals surface area contributed by atoms with Crippen LogP contribution >= 0.6 is 0 Å². The smallest absolute Gasteiger partial charge is 0.295 e. The number of hydrogen-bond acceptors (Lipinski definition) is 3. The van der Waals surface area contributed by atoms with Crippen molar-refractivity contribution in [1.82, 2.24) is 4.73 Å². The van der Waals surface area contributed by atoms with Crippen LogP contribution < -0.4 is 4.43 Å². The van der Waals surface area contributed by atoms with Crippen LogP contribution in [-0.2, 0) is 0 Å². The zero-order valence-corrected chi connectivity index (χ0v) is 13.9. The number of aromatic nitrogens is 2. The summed E-state index contributed by atoms with van der Waals surface area (Å²) >= 11 is 0. The first-order valence-corrected chi connectivity index (χ1v) is 7.77. The molecule has 3 rings (SSSR count). The van der Waals surface area contributed by atoms with Crippen molar-refractivity contribution in [3.05, 3.63) is 70.4 Å². The molecule has 0 bridgehead atoms. The molecule has 0 radical (unpaired) electrons. The maximum absolute atomic E-state index is 12.9. The monoisotopic (exact) mass is 321 g/mol. The van der Waals surface area contributed by atoms with Crippen molar-refractivity contribution in [2.75, 3.05) is 0 Å². The lowest BCUT2D eigenvalue weighted by Gasteiger charge is -2.18. The number of para-hydroxylation sites is 2. The Kier molecular flexibility index (Phi) is 3.93. The summed E-state index contributed by atoms with van der Waals surface area (Å²) in [5, 5.41) is 12.9. The first-order chi connectivity index (χ1) is 11.4. The fourth-order valence-corrected chi connectivity index (χ4v) is 2.49. The summed E-state index contributed by atoms with van der Waals surface area (Å²) in [4.78, 5) is 17.4. The van der Waals surface area contributed by atoms with Crippen molar-refractivity contribution in [3.8, 4) is 11.3 Å². The third-order valence-corrected chi connectivity index (χ3v) is 3.61. The molecule has 0 saturated heterocycles. The van der Waals surface area contributed by atoms with Gasteiger partial charge in [-0.05, 0) is 39.0 Å². The molecule has 0 spiro atoms.